The molecule has 1 aliphatic heterocycles. The number of benzene rings is 2. The van der Waals surface area contributed by atoms with Crippen LogP contribution in [-0.4, -0.2) is 41.2 Å². The number of aromatic hydroxyl groups is 2. The van der Waals surface area contributed by atoms with Crippen LogP contribution < -0.4 is 0 Å². The normalized spacial score (nSPS) is 17.3. The highest BCUT2D eigenvalue weighted by molar-refractivity contribution is 8.19. The molecule has 2 N–H and O–H groups in total. The van der Waals surface area contributed by atoms with E-state index in [1.165, 1.54) is 24.3 Å². The van der Waals surface area contributed by atoms with E-state index in [2.05, 4.69) is 11.0 Å². The van der Waals surface area contributed by atoms with Crippen molar-refractivity contribution in [3.63, 3.8) is 0 Å². The Kier molecular flexibility index (Phi) is 5.76. The summed E-state index contributed by atoms with van der Waals surface area (Å²) in [6.45, 7) is 3.57. The van der Waals surface area contributed by atoms with Gasteiger partial charge in [-0.25, -0.2) is 4.39 Å². The number of hydrogen-bond donors (Lipinski definition) is 2. The van der Waals surface area contributed by atoms with Gasteiger partial charge in [-0.1, -0.05) is 6.08 Å². The van der Waals surface area contributed by atoms with E-state index in [9.17, 15) is 27.8 Å². The first-order valence-electron chi connectivity index (χ1n) is 8.16. The first-order valence-corrected chi connectivity index (χ1v) is 10.4. The zero-order chi connectivity index (χ0) is 21.2. The number of carbonyl (C=O) groups is 1. The predicted octanol–water partition coefficient (Wildman–Crippen LogP) is 3.08. The molecular formula is C19H15FN2O5S2. The maximum absolute atomic E-state index is 13.1. The molecule has 10 heteroatoms. The second-order valence-corrected chi connectivity index (χ2v) is 8.47. The quantitative estimate of drug-likeness (QED) is 0.553. The molecule has 0 bridgehead atoms. The molecule has 29 heavy (non-hydrogen) atoms. The largest absolute Gasteiger partial charge is 0.508 e. The molecule has 0 aromatic heterocycles. The highest BCUT2D eigenvalue weighted by Gasteiger charge is 2.34. The number of nitrogens with zero attached hydrogens (tertiary/aromatic N) is 2. The lowest BCUT2D eigenvalue weighted by atomic mass is 10.1. The van der Waals surface area contributed by atoms with E-state index in [1.807, 2.05) is 0 Å². The summed E-state index contributed by atoms with van der Waals surface area (Å²) in [6, 6.07) is 8.03. The molecule has 1 aliphatic rings. The zero-order valence-electron chi connectivity index (χ0n) is 14.8. The number of phenolic OH excluding ortho intramolecular Hbond substituents is 2. The van der Waals surface area contributed by atoms with Crippen LogP contribution in [0.1, 0.15) is 5.56 Å². The van der Waals surface area contributed by atoms with Gasteiger partial charge in [0.2, 0.25) is 0 Å². The molecule has 1 saturated heterocycles. The van der Waals surface area contributed by atoms with E-state index in [0.717, 1.165) is 47.0 Å². The highest BCUT2D eigenvalue weighted by atomic mass is 32.2. The van der Waals surface area contributed by atoms with Crippen molar-refractivity contribution in [1.82, 2.24) is 4.90 Å². The van der Waals surface area contributed by atoms with Crippen LogP contribution in [0.3, 0.4) is 0 Å². The molecule has 2 aromatic rings. The van der Waals surface area contributed by atoms with Gasteiger partial charge in [0.15, 0.2) is 5.17 Å². The third kappa shape index (κ3) is 4.49. The van der Waals surface area contributed by atoms with Crippen LogP contribution in [0.5, 0.6) is 11.5 Å². The second kappa shape index (κ2) is 8.10. The van der Waals surface area contributed by atoms with Gasteiger partial charge >= 0.3 is 0 Å². The van der Waals surface area contributed by atoms with Gasteiger partial charge in [0, 0.05) is 18.2 Å². The standard InChI is InChI=1S/C19H15FN2O5S2/c1-2-9-22-18(25)17(10-12-3-6-14(23)11-16(12)24)28-19(22)21-29(26,27)15-7-4-13(20)5-8-15/h2-8,10-11,23-24H,1,9H2/b17-10-,21-19+. The molecule has 0 aliphatic carbocycles. The van der Waals surface area contributed by atoms with E-state index >= 15 is 0 Å². The Labute approximate surface area is 170 Å². The number of amides is 1. The molecule has 0 saturated carbocycles. The summed E-state index contributed by atoms with van der Waals surface area (Å²) in [5, 5.41) is 19.2. The first kappa shape index (κ1) is 20.6. The molecule has 1 amide bonds. The Morgan fingerprint density at radius 2 is 1.86 bits per heavy atom. The fraction of sp³-hybridized carbons (Fsp3) is 0.0526. The Bertz CT molecular complexity index is 1140. The van der Waals surface area contributed by atoms with Crippen LogP contribution in [-0.2, 0) is 14.8 Å². The maximum Gasteiger partial charge on any atom is 0.284 e. The summed E-state index contributed by atoms with van der Waals surface area (Å²) < 4.78 is 41.9. The molecular weight excluding hydrogens is 419 g/mol. The summed E-state index contributed by atoms with van der Waals surface area (Å²) in [5.74, 6) is -1.49. The van der Waals surface area contributed by atoms with Crippen molar-refractivity contribution in [2.75, 3.05) is 6.54 Å². The van der Waals surface area contributed by atoms with Gasteiger partial charge in [0.1, 0.15) is 17.3 Å². The average molecular weight is 434 g/mol. The summed E-state index contributed by atoms with van der Waals surface area (Å²) in [6.07, 6.45) is 2.78. The van der Waals surface area contributed by atoms with Crippen LogP contribution in [0.15, 0.2) is 69.3 Å². The number of halogens is 1. The molecule has 7 nitrogen and oxygen atoms in total. The fourth-order valence-corrected chi connectivity index (χ4v) is 4.60. The Morgan fingerprint density at radius 1 is 1.17 bits per heavy atom. The lowest BCUT2D eigenvalue weighted by Gasteiger charge is -2.12. The minimum absolute atomic E-state index is 0.0164. The van der Waals surface area contributed by atoms with E-state index < -0.39 is 21.7 Å². The summed E-state index contributed by atoms with van der Waals surface area (Å²) in [4.78, 5) is 13.7. The number of thioether (sulfide) groups is 1. The summed E-state index contributed by atoms with van der Waals surface area (Å²) in [7, 11) is -4.18. The smallest absolute Gasteiger partial charge is 0.284 e. The molecule has 2 aromatic carbocycles. The van der Waals surface area contributed by atoms with Gasteiger partial charge in [-0.15, -0.1) is 11.0 Å². The van der Waals surface area contributed by atoms with Gasteiger partial charge < -0.3 is 10.2 Å². The molecule has 3 rings (SSSR count). The summed E-state index contributed by atoms with van der Waals surface area (Å²) >= 11 is 0.812. The minimum Gasteiger partial charge on any atom is -0.508 e. The third-order valence-corrected chi connectivity index (χ3v) is 6.21. The topological polar surface area (TPSA) is 107 Å². The highest BCUT2D eigenvalue weighted by Crippen LogP contribution is 2.35. The van der Waals surface area contributed by atoms with Crippen molar-refractivity contribution in [2.45, 2.75) is 4.90 Å². The second-order valence-electron chi connectivity index (χ2n) is 5.86. The molecule has 150 valence electrons. The van der Waals surface area contributed by atoms with Crippen molar-refractivity contribution in [2.24, 2.45) is 4.40 Å². The minimum atomic E-state index is -4.18. The van der Waals surface area contributed by atoms with E-state index in [1.54, 1.807) is 0 Å². The van der Waals surface area contributed by atoms with Gasteiger partial charge in [-0.3, -0.25) is 9.69 Å². The maximum atomic E-state index is 13.1. The van der Waals surface area contributed by atoms with Crippen molar-refractivity contribution < 1.29 is 27.8 Å². The van der Waals surface area contributed by atoms with Gasteiger partial charge in [0.05, 0.1) is 9.80 Å². The predicted molar refractivity (Wildman–Crippen MR) is 108 cm³/mol. The molecule has 0 radical (unpaired) electrons. The summed E-state index contributed by atoms with van der Waals surface area (Å²) in [5.41, 5.74) is 0.264. The number of phenols is 2. The number of amidine groups is 1. The van der Waals surface area contributed by atoms with E-state index in [0.29, 0.717) is 0 Å². The van der Waals surface area contributed by atoms with Gasteiger partial charge in [-0.2, -0.15) is 8.42 Å². The van der Waals surface area contributed by atoms with Crippen LogP contribution in [0.4, 0.5) is 4.39 Å². The van der Waals surface area contributed by atoms with Crippen LogP contribution in [0.2, 0.25) is 0 Å². The number of rotatable bonds is 5. The molecule has 0 atom stereocenters. The molecule has 1 heterocycles. The third-order valence-electron chi connectivity index (χ3n) is 3.81. The Balaban J connectivity index is 2.01. The molecule has 0 spiro atoms. The lowest BCUT2D eigenvalue weighted by Crippen LogP contribution is -2.29. The van der Waals surface area contributed by atoms with Crippen LogP contribution in [0, 0.1) is 5.82 Å². The van der Waals surface area contributed by atoms with Crippen molar-refractivity contribution in [1.29, 1.82) is 0 Å². The molecule has 0 unspecified atom stereocenters. The monoisotopic (exact) mass is 434 g/mol. The van der Waals surface area contributed by atoms with Crippen LogP contribution in [0.25, 0.3) is 6.08 Å². The van der Waals surface area contributed by atoms with Crippen molar-refractivity contribution >= 4 is 38.9 Å². The average Bonchev–Trinajstić information content (AvgIpc) is 2.93. The van der Waals surface area contributed by atoms with Crippen molar-refractivity contribution in [3.05, 3.63) is 71.4 Å². The first-order chi connectivity index (χ1) is 13.7. The SMILES string of the molecule is C=CCN1C(=O)/C(=C/c2ccc(O)cc2O)S/C1=N/S(=O)(=O)c1ccc(F)cc1. The van der Waals surface area contributed by atoms with Gasteiger partial charge in [-0.05, 0) is 54.2 Å². The van der Waals surface area contributed by atoms with Gasteiger partial charge in [0.25, 0.3) is 15.9 Å². The Morgan fingerprint density at radius 3 is 2.48 bits per heavy atom. The zero-order valence-corrected chi connectivity index (χ0v) is 16.5. The molecule has 1 fully saturated rings. The van der Waals surface area contributed by atoms with Crippen LogP contribution >= 0.6 is 11.8 Å². The number of sulfonamides is 1. The number of carbonyl (C=O) groups excluding carboxylic acids is 1. The fourth-order valence-electron chi connectivity index (χ4n) is 2.42. The Hall–Kier alpha value is -3.11. The number of hydrogen-bond acceptors (Lipinski definition) is 6. The van der Waals surface area contributed by atoms with E-state index in [-0.39, 0.29) is 38.6 Å². The lowest BCUT2D eigenvalue weighted by molar-refractivity contribution is -0.121. The van der Waals surface area contributed by atoms with E-state index in [4.69, 9.17) is 0 Å². The van der Waals surface area contributed by atoms with Crippen molar-refractivity contribution in [3.8, 4) is 11.5 Å².